The minimum Gasteiger partial charge on any atom is -0.464 e. The summed E-state index contributed by atoms with van der Waals surface area (Å²) in [4.78, 5) is 4.17. The molecule has 0 amide bonds. The van der Waals surface area contributed by atoms with Crippen LogP contribution in [0.1, 0.15) is 5.89 Å². The average Bonchev–Trinajstić information content (AvgIpc) is 2.94. The van der Waals surface area contributed by atoms with E-state index in [-0.39, 0.29) is 0 Å². The number of para-hydroxylation sites is 1. The summed E-state index contributed by atoms with van der Waals surface area (Å²) in [6, 6.07) is 7.71. The van der Waals surface area contributed by atoms with E-state index in [9.17, 15) is 0 Å². The summed E-state index contributed by atoms with van der Waals surface area (Å²) in [5.41, 5.74) is 1.63. The lowest BCUT2D eigenvalue weighted by Crippen LogP contribution is -1.77. The molecule has 0 fully saturated rings. The van der Waals surface area contributed by atoms with E-state index in [2.05, 4.69) is 16.7 Å². The lowest BCUT2D eigenvalue weighted by molar-refractivity contribution is 0.411. The van der Waals surface area contributed by atoms with Crippen LogP contribution in [0.25, 0.3) is 28.4 Å². The van der Waals surface area contributed by atoms with Crippen molar-refractivity contribution in [3.8, 4) is 11.4 Å². The topological polar surface area (TPSA) is 52.1 Å². The Hall–Kier alpha value is -2.36. The first-order chi connectivity index (χ1) is 7.88. The molecule has 1 aromatic carbocycles. The van der Waals surface area contributed by atoms with E-state index in [1.165, 1.54) is 6.08 Å². The molecule has 0 N–H and O–H groups in total. The van der Waals surface area contributed by atoms with Crippen LogP contribution in [-0.2, 0) is 0 Å². The van der Waals surface area contributed by atoms with Gasteiger partial charge in [0.2, 0.25) is 11.7 Å². The van der Waals surface area contributed by atoms with Gasteiger partial charge in [-0.1, -0.05) is 29.9 Å². The zero-order chi connectivity index (χ0) is 11.0. The van der Waals surface area contributed by atoms with Crippen molar-refractivity contribution in [2.45, 2.75) is 0 Å². The molecule has 0 unspecified atom stereocenters. The highest BCUT2D eigenvalue weighted by Crippen LogP contribution is 2.28. The molecule has 0 saturated carbocycles. The second-order valence-corrected chi connectivity index (χ2v) is 3.31. The van der Waals surface area contributed by atoms with Crippen molar-refractivity contribution < 1.29 is 8.94 Å². The van der Waals surface area contributed by atoms with Gasteiger partial charge in [-0.3, -0.25) is 0 Å². The van der Waals surface area contributed by atoms with E-state index >= 15 is 0 Å². The maximum Gasteiger partial charge on any atom is 0.250 e. The van der Waals surface area contributed by atoms with E-state index in [4.69, 9.17) is 8.94 Å². The molecule has 0 aliphatic rings. The molecule has 2 aromatic heterocycles. The van der Waals surface area contributed by atoms with E-state index in [0.29, 0.717) is 11.7 Å². The first-order valence-corrected chi connectivity index (χ1v) is 4.81. The quantitative estimate of drug-likeness (QED) is 0.654. The van der Waals surface area contributed by atoms with Crippen LogP contribution in [0.2, 0.25) is 0 Å². The van der Waals surface area contributed by atoms with Crippen LogP contribution in [0.15, 0.2) is 46.0 Å². The summed E-state index contributed by atoms with van der Waals surface area (Å²) in [5, 5.41) is 4.83. The third-order valence-corrected chi connectivity index (χ3v) is 2.34. The fourth-order valence-corrected chi connectivity index (χ4v) is 1.58. The summed E-state index contributed by atoms with van der Waals surface area (Å²) in [6.45, 7) is 3.57. The third kappa shape index (κ3) is 1.24. The van der Waals surface area contributed by atoms with Crippen LogP contribution >= 0.6 is 0 Å². The summed E-state index contributed by atoms with van der Waals surface area (Å²) >= 11 is 0. The average molecular weight is 212 g/mol. The van der Waals surface area contributed by atoms with Gasteiger partial charge in [-0.05, 0) is 12.1 Å². The Balaban J connectivity index is 2.21. The van der Waals surface area contributed by atoms with Crippen molar-refractivity contribution in [1.29, 1.82) is 0 Å². The molecule has 78 valence electrons. The highest BCUT2D eigenvalue weighted by Gasteiger charge is 2.12. The Bertz CT molecular complexity index is 652. The number of aromatic nitrogens is 2. The minimum absolute atomic E-state index is 0.403. The second kappa shape index (κ2) is 3.34. The Morgan fingerprint density at radius 1 is 1.25 bits per heavy atom. The molecule has 0 radical (unpaired) electrons. The highest BCUT2D eigenvalue weighted by atomic mass is 16.5. The Kier molecular flexibility index (Phi) is 1.86. The molecular weight excluding hydrogens is 204 g/mol. The number of furan rings is 1. The first kappa shape index (κ1) is 8.91. The molecule has 2 heterocycles. The molecule has 3 rings (SSSR count). The van der Waals surface area contributed by atoms with Crippen molar-refractivity contribution in [1.82, 2.24) is 10.1 Å². The van der Waals surface area contributed by atoms with Gasteiger partial charge in [0.1, 0.15) is 11.8 Å². The molecule has 0 bridgehead atoms. The number of benzene rings is 1. The molecule has 0 aliphatic heterocycles. The summed E-state index contributed by atoms with van der Waals surface area (Å²) in [6.07, 6.45) is 3.14. The lowest BCUT2D eigenvalue weighted by Gasteiger charge is -1.88. The van der Waals surface area contributed by atoms with Gasteiger partial charge in [-0.25, -0.2) is 0 Å². The van der Waals surface area contributed by atoms with Crippen LogP contribution in [0.4, 0.5) is 0 Å². The number of rotatable bonds is 2. The number of fused-ring (bicyclic) bond motifs is 1. The number of nitrogens with zero attached hydrogens (tertiary/aromatic N) is 2. The van der Waals surface area contributed by atoms with Gasteiger partial charge >= 0.3 is 0 Å². The van der Waals surface area contributed by atoms with E-state index < -0.39 is 0 Å². The highest BCUT2D eigenvalue weighted by molar-refractivity contribution is 5.91. The first-order valence-electron chi connectivity index (χ1n) is 4.81. The van der Waals surface area contributed by atoms with Crippen molar-refractivity contribution >= 4 is 17.0 Å². The predicted octanol–water partition coefficient (Wildman–Crippen LogP) is 3.13. The summed E-state index contributed by atoms with van der Waals surface area (Å²) < 4.78 is 10.4. The van der Waals surface area contributed by atoms with Crippen LogP contribution in [-0.4, -0.2) is 10.1 Å². The van der Waals surface area contributed by atoms with Gasteiger partial charge < -0.3 is 8.94 Å². The van der Waals surface area contributed by atoms with Crippen LogP contribution in [0, 0.1) is 0 Å². The summed E-state index contributed by atoms with van der Waals surface area (Å²) in [7, 11) is 0. The maximum atomic E-state index is 5.40. The normalized spacial score (nSPS) is 10.8. The van der Waals surface area contributed by atoms with Gasteiger partial charge in [0.05, 0.1) is 5.56 Å². The molecular formula is C12H8N2O2. The SMILES string of the molecule is C=Cc1nc(-c2coc3ccccc23)no1. The van der Waals surface area contributed by atoms with Crippen molar-refractivity contribution in [2.75, 3.05) is 0 Å². The van der Waals surface area contributed by atoms with E-state index in [0.717, 1.165) is 16.5 Å². The third-order valence-electron chi connectivity index (χ3n) is 2.34. The molecule has 4 nitrogen and oxygen atoms in total. The van der Waals surface area contributed by atoms with Crippen LogP contribution in [0.5, 0.6) is 0 Å². The summed E-state index contributed by atoms with van der Waals surface area (Å²) in [5.74, 6) is 0.917. The van der Waals surface area contributed by atoms with Crippen LogP contribution in [0.3, 0.4) is 0 Å². The molecule has 0 atom stereocenters. The zero-order valence-electron chi connectivity index (χ0n) is 8.38. The zero-order valence-corrected chi connectivity index (χ0v) is 8.38. The van der Waals surface area contributed by atoms with Gasteiger partial charge in [-0.15, -0.1) is 0 Å². The van der Waals surface area contributed by atoms with Crippen molar-refractivity contribution in [3.05, 3.63) is 43.0 Å². The largest absolute Gasteiger partial charge is 0.464 e. The standard InChI is InChI=1S/C12H8N2O2/c1-2-11-13-12(14-16-11)9-7-15-10-6-4-3-5-8(9)10/h2-7H,1H2. The second-order valence-electron chi connectivity index (χ2n) is 3.31. The maximum absolute atomic E-state index is 5.40. The number of hydrogen-bond donors (Lipinski definition) is 0. The minimum atomic E-state index is 0.403. The van der Waals surface area contributed by atoms with Crippen LogP contribution < -0.4 is 0 Å². The van der Waals surface area contributed by atoms with Gasteiger partial charge in [0, 0.05) is 5.39 Å². The molecule has 0 saturated heterocycles. The lowest BCUT2D eigenvalue weighted by atomic mass is 10.2. The molecule has 3 aromatic rings. The van der Waals surface area contributed by atoms with Crippen molar-refractivity contribution in [2.24, 2.45) is 0 Å². The monoisotopic (exact) mass is 212 g/mol. The molecule has 16 heavy (non-hydrogen) atoms. The molecule has 0 aliphatic carbocycles. The van der Waals surface area contributed by atoms with E-state index in [1.807, 2.05) is 24.3 Å². The number of hydrogen-bond acceptors (Lipinski definition) is 4. The predicted molar refractivity (Wildman–Crippen MR) is 59.6 cm³/mol. The fourth-order valence-electron chi connectivity index (χ4n) is 1.58. The van der Waals surface area contributed by atoms with Gasteiger partial charge in [0.25, 0.3) is 0 Å². The Morgan fingerprint density at radius 2 is 2.12 bits per heavy atom. The Labute approximate surface area is 91.2 Å². The Morgan fingerprint density at radius 3 is 2.94 bits per heavy atom. The molecule has 4 heteroatoms. The van der Waals surface area contributed by atoms with Gasteiger partial charge in [0.15, 0.2) is 0 Å². The van der Waals surface area contributed by atoms with E-state index in [1.54, 1.807) is 6.26 Å². The smallest absolute Gasteiger partial charge is 0.250 e. The van der Waals surface area contributed by atoms with Gasteiger partial charge in [-0.2, -0.15) is 4.98 Å². The van der Waals surface area contributed by atoms with Crippen molar-refractivity contribution in [3.63, 3.8) is 0 Å². The fraction of sp³-hybridized carbons (Fsp3) is 0. The molecule has 0 spiro atoms.